The molecule has 1 N–H and O–H groups in total. The van der Waals surface area contributed by atoms with E-state index in [1.807, 2.05) is 0 Å². The Morgan fingerprint density at radius 1 is 1.30 bits per heavy atom. The van der Waals surface area contributed by atoms with E-state index in [2.05, 4.69) is 5.10 Å². The summed E-state index contributed by atoms with van der Waals surface area (Å²) in [6, 6.07) is 4.88. The van der Waals surface area contributed by atoms with Crippen molar-refractivity contribution in [3.63, 3.8) is 0 Å². The number of aromatic nitrogens is 2. The molecule has 6 nitrogen and oxygen atoms in total. The van der Waals surface area contributed by atoms with E-state index in [1.165, 1.54) is 18.9 Å². The number of carboxylic acid groups (broad SMARTS) is 1. The van der Waals surface area contributed by atoms with Crippen molar-refractivity contribution in [3.05, 3.63) is 35.7 Å². The molecule has 1 aromatic heterocycles. The summed E-state index contributed by atoms with van der Waals surface area (Å²) in [5.41, 5.74) is 0.253. The fourth-order valence-corrected chi connectivity index (χ4v) is 1.82. The Balaban J connectivity index is 2.59. The molecule has 0 fully saturated rings. The van der Waals surface area contributed by atoms with Gasteiger partial charge in [-0.3, -0.25) is 0 Å². The molecule has 1 heterocycles. The van der Waals surface area contributed by atoms with Crippen LogP contribution >= 0.6 is 0 Å². The number of aromatic carboxylic acids is 1. The van der Waals surface area contributed by atoms with Crippen LogP contribution in [0.15, 0.2) is 24.4 Å². The number of benzene rings is 1. The number of alkyl halides is 1. The number of halogens is 1. The van der Waals surface area contributed by atoms with Gasteiger partial charge in [0.15, 0.2) is 0 Å². The topological polar surface area (TPSA) is 73.6 Å². The van der Waals surface area contributed by atoms with Crippen molar-refractivity contribution in [3.8, 4) is 17.2 Å². The molecule has 0 aliphatic carbocycles. The normalized spacial score (nSPS) is 10.3. The Morgan fingerprint density at radius 2 is 1.90 bits per heavy atom. The Morgan fingerprint density at radius 3 is 2.35 bits per heavy atom. The second-order valence-electron chi connectivity index (χ2n) is 3.93. The number of ether oxygens (including phenoxy) is 2. The second-order valence-corrected chi connectivity index (χ2v) is 3.93. The first-order chi connectivity index (χ1) is 9.60. The second kappa shape index (κ2) is 5.60. The average Bonchev–Trinajstić information content (AvgIpc) is 2.90. The van der Waals surface area contributed by atoms with Crippen LogP contribution < -0.4 is 9.47 Å². The average molecular weight is 280 g/mol. The third-order valence-electron chi connectivity index (χ3n) is 2.81. The number of hydrogen-bond donors (Lipinski definition) is 1. The maximum absolute atomic E-state index is 13.1. The van der Waals surface area contributed by atoms with Crippen LogP contribution in [0.1, 0.15) is 16.1 Å². The molecule has 0 aliphatic rings. The highest BCUT2D eigenvalue weighted by Crippen LogP contribution is 2.26. The molecule has 0 radical (unpaired) electrons. The molecule has 0 bridgehead atoms. The van der Waals surface area contributed by atoms with E-state index in [0.29, 0.717) is 17.2 Å². The number of methoxy groups -OCH3 is 2. The van der Waals surface area contributed by atoms with Crippen LogP contribution in [-0.4, -0.2) is 35.1 Å². The smallest absolute Gasteiger partial charge is 0.339 e. The zero-order chi connectivity index (χ0) is 14.7. The highest BCUT2D eigenvalue weighted by Gasteiger charge is 2.18. The van der Waals surface area contributed by atoms with Crippen molar-refractivity contribution >= 4 is 5.97 Å². The van der Waals surface area contributed by atoms with Crippen molar-refractivity contribution in [2.24, 2.45) is 0 Å². The minimum Gasteiger partial charge on any atom is -0.497 e. The van der Waals surface area contributed by atoms with Crippen LogP contribution in [0.4, 0.5) is 4.39 Å². The summed E-state index contributed by atoms with van der Waals surface area (Å²) in [6.45, 7) is -0.943. The maximum atomic E-state index is 13.1. The van der Waals surface area contributed by atoms with Crippen molar-refractivity contribution < 1.29 is 23.8 Å². The molecule has 0 aliphatic heterocycles. The lowest BCUT2D eigenvalue weighted by Gasteiger charge is -2.10. The molecule has 0 amide bonds. The summed E-state index contributed by atoms with van der Waals surface area (Å²) >= 11 is 0. The lowest BCUT2D eigenvalue weighted by atomic mass is 10.2. The van der Waals surface area contributed by atoms with Gasteiger partial charge in [0.1, 0.15) is 23.7 Å². The summed E-state index contributed by atoms with van der Waals surface area (Å²) in [5, 5.41) is 12.9. The Labute approximate surface area is 114 Å². The van der Waals surface area contributed by atoms with Crippen molar-refractivity contribution in [2.75, 3.05) is 14.2 Å². The van der Waals surface area contributed by atoms with E-state index in [0.717, 1.165) is 6.20 Å². The number of carboxylic acids is 1. The largest absolute Gasteiger partial charge is 0.497 e. The van der Waals surface area contributed by atoms with Gasteiger partial charge in [0.05, 0.1) is 31.8 Å². The van der Waals surface area contributed by atoms with Gasteiger partial charge < -0.3 is 14.6 Å². The fourth-order valence-electron chi connectivity index (χ4n) is 1.82. The summed E-state index contributed by atoms with van der Waals surface area (Å²) in [6.07, 6.45) is 1.11. The first-order valence-electron chi connectivity index (χ1n) is 5.70. The highest BCUT2D eigenvalue weighted by atomic mass is 19.1. The minimum atomic E-state index is -1.22. The van der Waals surface area contributed by atoms with E-state index >= 15 is 0 Å². The van der Waals surface area contributed by atoms with Crippen LogP contribution in [0.2, 0.25) is 0 Å². The van der Waals surface area contributed by atoms with Gasteiger partial charge in [-0.2, -0.15) is 5.10 Å². The zero-order valence-corrected chi connectivity index (χ0v) is 11.0. The summed E-state index contributed by atoms with van der Waals surface area (Å²) < 4.78 is 24.6. The molecule has 106 valence electrons. The van der Waals surface area contributed by atoms with Crippen molar-refractivity contribution in [2.45, 2.75) is 6.67 Å². The highest BCUT2D eigenvalue weighted by molar-refractivity contribution is 5.88. The van der Waals surface area contributed by atoms with Gasteiger partial charge in [-0.25, -0.2) is 13.9 Å². The lowest BCUT2D eigenvalue weighted by molar-refractivity contribution is 0.0694. The first-order valence-corrected chi connectivity index (χ1v) is 5.70. The fraction of sp³-hybridized carbons (Fsp3) is 0.231. The molecule has 1 aromatic carbocycles. The van der Waals surface area contributed by atoms with Gasteiger partial charge in [0, 0.05) is 18.2 Å². The van der Waals surface area contributed by atoms with Crippen LogP contribution in [0.5, 0.6) is 11.5 Å². The summed E-state index contributed by atoms with van der Waals surface area (Å²) in [5.74, 6) is -0.230. The molecular formula is C13H13FN2O4. The molecule has 0 saturated heterocycles. The predicted octanol–water partition coefficient (Wildman–Crippen LogP) is 2.06. The maximum Gasteiger partial charge on any atom is 0.339 e. The van der Waals surface area contributed by atoms with E-state index < -0.39 is 12.6 Å². The van der Waals surface area contributed by atoms with E-state index in [-0.39, 0.29) is 11.3 Å². The van der Waals surface area contributed by atoms with Gasteiger partial charge >= 0.3 is 5.97 Å². The molecule has 20 heavy (non-hydrogen) atoms. The molecule has 2 rings (SSSR count). The number of nitrogens with zero attached hydrogens (tertiary/aromatic N) is 2. The summed E-state index contributed by atoms with van der Waals surface area (Å²) in [7, 11) is 2.97. The van der Waals surface area contributed by atoms with Crippen molar-refractivity contribution in [1.29, 1.82) is 0 Å². The van der Waals surface area contributed by atoms with Gasteiger partial charge in [-0.1, -0.05) is 0 Å². The first kappa shape index (κ1) is 13.9. The molecular weight excluding hydrogens is 267 g/mol. The molecule has 0 spiro atoms. The Bertz CT molecular complexity index is 617. The van der Waals surface area contributed by atoms with E-state index in [4.69, 9.17) is 14.6 Å². The molecule has 0 saturated carbocycles. The monoisotopic (exact) mass is 280 g/mol. The number of carbonyl (C=O) groups is 1. The van der Waals surface area contributed by atoms with E-state index in [1.54, 1.807) is 18.2 Å². The van der Waals surface area contributed by atoms with Crippen LogP contribution in [0, 0.1) is 0 Å². The quantitative estimate of drug-likeness (QED) is 0.907. The van der Waals surface area contributed by atoms with Crippen molar-refractivity contribution in [1.82, 2.24) is 9.78 Å². The third-order valence-corrected chi connectivity index (χ3v) is 2.81. The minimum absolute atomic E-state index is 0.0344. The predicted molar refractivity (Wildman–Crippen MR) is 68.4 cm³/mol. The SMILES string of the molecule is COc1cc(OC)cc(-n2ncc(C(=O)O)c2CF)c1. The van der Waals surface area contributed by atoms with Gasteiger partial charge in [0.25, 0.3) is 0 Å². The van der Waals surface area contributed by atoms with E-state index in [9.17, 15) is 9.18 Å². The standard InChI is InChI=1S/C13H13FN2O4/c1-19-9-3-8(4-10(5-9)20-2)16-12(6-14)11(7-15-16)13(17)18/h3-5,7H,6H2,1-2H3,(H,17,18). The zero-order valence-electron chi connectivity index (χ0n) is 11.0. The van der Waals surface area contributed by atoms with Gasteiger partial charge in [-0.05, 0) is 0 Å². The van der Waals surface area contributed by atoms with Crippen LogP contribution in [-0.2, 0) is 6.67 Å². The molecule has 0 atom stereocenters. The summed E-state index contributed by atoms with van der Waals surface area (Å²) in [4.78, 5) is 11.0. The molecule has 2 aromatic rings. The Hall–Kier alpha value is -2.57. The molecule has 7 heteroatoms. The third kappa shape index (κ3) is 2.42. The van der Waals surface area contributed by atoms with Gasteiger partial charge in [0.2, 0.25) is 0 Å². The Kier molecular flexibility index (Phi) is 3.88. The molecule has 0 unspecified atom stereocenters. The van der Waals surface area contributed by atoms with Crippen LogP contribution in [0.25, 0.3) is 5.69 Å². The van der Waals surface area contributed by atoms with Gasteiger partial charge in [-0.15, -0.1) is 0 Å². The van der Waals surface area contributed by atoms with Crippen LogP contribution in [0.3, 0.4) is 0 Å². The number of rotatable bonds is 5. The lowest BCUT2D eigenvalue weighted by Crippen LogP contribution is -2.05. The number of hydrogen-bond acceptors (Lipinski definition) is 4.